The van der Waals surface area contributed by atoms with Crippen LogP contribution in [0, 0.1) is 0 Å². The van der Waals surface area contributed by atoms with Crippen LogP contribution in [0.2, 0.25) is 0 Å². The molecule has 13 aromatic rings. The highest BCUT2D eigenvalue weighted by atomic mass is 16.3. The Hall–Kier alpha value is -8.92. The average Bonchev–Trinajstić information content (AvgIpc) is 4.09. The maximum atomic E-state index is 6.97. The first kappa shape index (κ1) is 38.5. The van der Waals surface area contributed by atoms with Crippen LogP contribution >= 0.6 is 0 Å². The Bertz CT molecular complexity index is 4070. The van der Waals surface area contributed by atoms with Crippen LogP contribution in [0.25, 0.3) is 109 Å². The molecule has 13 rings (SSSR count). The number of nitrogens with zero attached hydrogens (tertiary/aromatic N) is 1. The minimum Gasteiger partial charge on any atom is -0.464 e. The van der Waals surface area contributed by atoms with Gasteiger partial charge in [-0.1, -0.05) is 176 Å². The van der Waals surface area contributed by atoms with E-state index in [4.69, 9.17) is 8.83 Å². The van der Waals surface area contributed by atoms with Crippen molar-refractivity contribution in [2.45, 2.75) is 0 Å². The second kappa shape index (κ2) is 16.0. The number of hydrogen-bond acceptors (Lipinski definition) is 3. The van der Waals surface area contributed by atoms with E-state index in [0.29, 0.717) is 0 Å². The number of furan rings is 2. The predicted molar refractivity (Wildman–Crippen MR) is 282 cm³/mol. The molecule has 67 heavy (non-hydrogen) atoms. The molecule has 0 N–H and O–H groups in total. The maximum Gasteiger partial charge on any atom is 0.143 e. The summed E-state index contributed by atoms with van der Waals surface area (Å²) in [7, 11) is 0. The van der Waals surface area contributed by atoms with E-state index in [1.807, 2.05) is 12.1 Å². The van der Waals surface area contributed by atoms with Crippen molar-refractivity contribution in [2.75, 3.05) is 4.90 Å². The normalized spacial score (nSPS) is 11.6. The third kappa shape index (κ3) is 6.59. The number of rotatable bonds is 6. The van der Waals surface area contributed by atoms with Crippen molar-refractivity contribution >= 4 is 92.9 Å². The monoisotopic (exact) mass is 855 g/mol. The summed E-state index contributed by atoms with van der Waals surface area (Å²) in [6.45, 7) is 0. The molecule has 0 unspecified atom stereocenters. The fourth-order valence-corrected chi connectivity index (χ4v) is 10.2. The summed E-state index contributed by atoms with van der Waals surface area (Å²) >= 11 is 0. The second-order valence-electron chi connectivity index (χ2n) is 17.2. The Morgan fingerprint density at radius 1 is 0.269 bits per heavy atom. The van der Waals surface area contributed by atoms with Gasteiger partial charge in [0, 0.05) is 38.8 Å². The molecule has 2 aromatic heterocycles. The van der Waals surface area contributed by atoms with E-state index in [9.17, 15) is 0 Å². The molecule has 0 aliphatic rings. The summed E-state index contributed by atoms with van der Waals surface area (Å²) in [5, 5.41) is 13.7. The Kier molecular flexibility index (Phi) is 9.17. The van der Waals surface area contributed by atoms with Crippen LogP contribution in [0.1, 0.15) is 0 Å². The molecule has 0 fully saturated rings. The van der Waals surface area contributed by atoms with E-state index in [0.717, 1.165) is 93.8 Å². The lowest BCUT2D eigenvalue weighted by Crippen LogP contribution is -2.09. The van der Waals surface area contributed by atoms with Crippen LogP contribution in [0.3, 0.4) is 0 Å². The van der Waals surface area contributed by atoms with Crippen molar-refractivity contribution in [3.63, 3.8) is 0 Å². The Morgan fingerprint density at radius 3 is 1.37 bits per heavy atom. The van der Waals surface area contributed by atoms with E-state index in [1.54, 1.807) is 6.26 Å². The molecule has 11 aromatic carbocycles. The zero-order valence-electron chi connectivity index (χ0n) is 36.4. The van der Waals surface area contributed by atoms with Gasteiger partial charge in [0.25, 0.3) is 0 Å². The van der Waals surface area contributed by atoms with E-state index in [-0.39, 0.29) is 0 Å². The van der Waals surface area contributed by atoms with Crippen molar-refractivity contribution in [3.05, 3.63) is 249 Å². The number of anilines is 3. The molecule has 0 atom stereocenters. The Labute approximate surface area is 387 Å². The van der Waals surface area contributed by atoms with Gasteiger partial charge in [-0.15, -0.1) is 0 Å². The highest BCUT2D eigenvalue weighted by Crippen LogP contribution is 2.44. The first-order chi connectivity index (χ1) is 33.2. The van der Waals surface area contributed by atoms with Crippen molar-refractivity contribution in [1.82, 2.24) is 0 Å². The lowest BCUT2D eigenvalue weighted by molar-refractivity contribution is 0.582. The standard InChI is InChI=1S/C64H41NO2/c1-2-14-42(15-3-1)43-27-31-47(32-28-43)65(48-33-29-44(30-34-48)45-16-12-17-46(40-45)61-26-13-39-66-61)49-35-36-55-53-21-7-5-19-51(53)50-18-4-6-20-52(50)54-22-8-9-24-57(54)63-58(60(55)41-49)37-38-59-56-23-10-11-25-62(56)67-64(59)63/h1-41H. The molecule has 3 heteroatoms. The highest BCUT2D eigenvalue weighted by Gasteiger charge is 2.19. The van der Waals surface area contributed by atoms with Crippen LogP contribution < -0.4 is 4.90 Å². The van der Waals surface area contributed by atoms with Crippen molar-refractivity contribution in [1.29, 1.82) is 0 Å². The van der Waals surface area contributed by atoms with Gasteiger partial charge in [0.2, 0.25) is 0 Å². The van der Waals surface area contributed by atoms with E-state index < -0.39 is 0 Å². The zero-order chi connectivity index (χ0) is 44.3. The van der Waals surface area contributed by atoms with Gasteiger partial charge in [-0.2, -0.15) is 0 Å². The molecular formula is C64H41NO2. The van der Waals surface area contributed by atoms with Gasteiger partial charge < -0.3 is 13.7 Å². The molecule has 0 spiro atoms. The second-order valence-corrected chi connectivity index (χ2v) is 17.2. The number of hydrogen-bond donors (Lipinski definition) is 0. The third-order valence-electron chi connectivity index (χ3n) is 13.4. The summed E-state index contributed by atoms with van der Waals surface area (Å²) in [5.41, 5.74) is 10.6. The van der Waals surface area contributed by atoms with Crippen LogP contribution in [-0.4, -0.2) is 0 Å². The SMILES string of the molecule is c1ccc(-c2ccc(N(c3ccc(-c4cccc(-c5ccco5)c4)cc3)c3ccc4c5ccccc5c5ccccc5c5ccccc5c5c(ccc6c7ccccc7oc65)c4c3)cc2)cc1. The van der Waals surface area contributed by atoms with Gasteiger partial charge in [0.1, 0.15) is 16.9 Å². The largest absolute Gasteiger partial charge is 0.464 e. The minimum atomic E-state index is 0.854. The molecule has 0 aliphatic carbocycles. The van der Waals surface area contributed by atoms with E-state index in [2.05, 4.69) is 235 Å². The Morgan fingerprint density at radius 2 is 0.731 bits per heavy atom. The molecule has 314 valence electrons. The number of benzene rings is 10. The van der Waals surface area contributed by atoms with Crippen LogP contribution in [0.4, 0.5) is 17.1 Å². The van der Waals surface area contributed by atoms with Gasteiger partial charge in [0.15, 0.2) is 0 Å². The number of fused-ring (bicyclic) bond motifs is 14. The molecule has 0 saturated heterocycles. The lowest BCUT2D eigenvalue weighted by atomic mass is 9.93. The lowest BCUT2D eigenvalue weighted by Gasteiger charge is -2.26. The molecule has 0 amide bonds. The highest BCUT2D eigenvalue weighted by molar-refractivity contribution is 6.31. The molecule has 0 bridgehead atoms. The molecule has 0 saturated carbocycles. The van der Waals surface area contributed by atoms with Gasteiger partial charge in [0.05, 0.1) is 6.26 Å². The van der Waals surface area contributed by atoms with Gasteiger partial charge >= 0.3 is 0 Å². The van der Waals surface area contributed by atoms with Gasteiger partial charge in [-0.05, 0) is 137 Å². The third-order valence-corrected chi connectivity index (χ3v) is 13.4. The average molecular weight is 856 g/mol. The van der Waals surface area contributed by atoms with Crippen LogP contribution in [0.15, 0.2) is 258 Å². The molecule has 3 nitrogen and oxygen atoms in total. The summed E-state index contributed by atoms with van der Waals surface area (Å²) in [5.74, 6) is 0.854. The van der Waals surface area contributed by atoms with Gasteiger partial charge in [-0.3, -0.25) is 0 Å². The zero-order valence-corrected chi connectivity index (χ0v) is 36.4. The quantitative estimate of drug-likeness (QED) is 0.167. The van der Waals surface area contributed by atoms with Crippen molar-refractivity contribution in [2.24, 2.45) is 0 Å². The Balaban J connectivity index is 1.11. The van der Waals surface area contributed by atoms with E-state index in [1.165, 1.54) is 32.7 Å². The fourth-order valence-electron chi connectivity index (χ4n) is 10.2. The first-order valence-corrected chi connectivity index (χ1v) is 22.8. The van der Waals surface area contributed by atoms with Crippen molar-refractivity contribution < 1.29 is 8.83 Å². The maximum absolute atomic E-state index is 6.97. The summed E-state index contributed by atoms with van der Waals surface area (Å²) < 4.78 is 12.7. The summed E-state index contributed by atoms with van der Waals surface area (Å²) in [6, 6.07) is 87.4. The smallest absolute Gasteiger partial charge is 0.143 e. The van der Waals surface area contributed by atoms with Crippen LogP contribution in [-0.2, 0) is 0 Å². The van der Waals surface area contributed by atoms with Crippen LogP contribution in [0.5, 0.6) is 0 Å². The first-order valence-electron chi connectivity index (χ1n) is 22.8. The van der Waals surface area contributed by atoms with E-state index >= 15 is 0 Å². The van der Waals surface area contributed by atoms with Gasteiger partial charge in [-0.25, -0.2) is 0 Å². The summed E-state index contributed by atoms with van der Waals surface area (Å²) in [6.07, 6.45) is 1.72. The molecule has 2 heterocycles. The molecule has 0 aliphatic heterocycles. The molecule has 0 radical (unpaired) electrons. The fraction of sp³-hybridized carbons (Fsp3) is 0. The molecular weight excluding hydrogens is 815 g/mol. The number of para-hydroxylation sites is 1. The van der Waals surface area contributed by atoms with Crippen molar-refractivity contribution in [3.8, 4) is 33.6 Å². The topological polar surface area (TPSA) is 29.5 Å². The summed E-state index contributed by atoms with van der Waals surface area (Å²) in [4.78, 5) is 2.38. The minimum absolute atomic E-state index is 0.854. The predicted octanol–water partition coefficient (Wildman–Crippen LogP) is 18.5.